The lowest BCUT2D eigenvalue weighted by molar-refractivity contribution is 0.0131. The molecule has 0 bridgehead atoms. The Morgan fingerprint density at radius 3 is 2.56 bits per heavy atom. The number of rotatable bonds is 3. The average Bonchev–Trinajstić information content (AvgIpc) is 2.48. The first-order chi connectivity index (χ1) is 8.15. The first-order valence-electron chi connectivity index (χ1n) is 6.86. The van der Waals surface area contributed by atoms with E-state index in [0.29, 0.717) is 5.92 Å². The summed E-state index contributed by atoms with van der Waals surface area (Å²) in [5, 5.41) is 0. The number of hydrogen-bond donors (Lipinski definition) is 1. The third-order valence-electron chi connectivity index (χ3n) is 3.39. The molecule has 0 aromatic carbocycles. The summed E-state index contributed by atoms with van der Waals surface area (Å²) in [5.41, 5.74) is 5.01. The van der Waals surface area contributed by atoms with Crippen molar-refractivity contribution in [2.75, 3.05) is 13.1 Å². The zero-order valence-corrected chi connectivity index (χ0v) is 12.5. The van der Waals surface area contributed by atoms with Gasteiger partial charge in [-0.3, -0.25) is 0 Å². The Balaban J connectivity index is 2.62. The van der Waals surface area contributed by atoms with Gasteiger partial charge in [-0.15, -0.1) is 0 Å². The van der Waals surface area contributed by atoms with E-state index in [2.05, 4.69) is 13.8 Å². The molecule has 0 radical (unpaired) electrons. The van der Waals surface area contributed by atoms with Crippen LogP contribution in [0.2, 0.25) is 0 Å². The van der Waals surface area contributed by atoms with Crippen LogP contribution < -0.4 is 5.73 Å². The van der Waals surface area contributed by atoms with Crippen LogP contribution in [0.5, 0.6) is 0 Å². The molecule has 0 saturated carbocycles. The minimum Gasteiger partial charge on any atom is -0.444 e. The first-order valence-corrected chi connectivity index (χ1v) is 6.86. The van der Waals surface area contributed by atoms with Crippen molar-refractivity contribution in [2.24, 2.45) is 11.7 Å². The maximum absolute atomic E-state index is 12.2. The van der Waals surface area contributed by atoms with E-state index in [-0.39, 0.29) is 11.6 Å². The Morgan fingerprint density at radius 2 is 2.06 bits per heavy atom. The smallest absolute Gasteiger partial charge is 0.410 e. The number of ether oxygens (including phenoxy) is 1. The van der Waals surface area contributed by atoms with Gasteiger partial charge in [-0.05, 0) is 66.3 Å². The van der Waals surface area contributed by atoms with E-state index < -0.39 is 5.60 Å². The number of likely N-dealkylation sites (tertiary alicyclic amines) is 1. The molecular weight excluding hydrogens is 228 g/mol. The van der Waals surface area contributed by atoms with Gasteiger partial charge in [0.1, 0.15) is 5.60 Å². The highest BCUT2D eigenvalue weighted by Gasteiger charge is 2.42. The largest absolute Gasteiger partial charge is 0.444 e. The summed E-state index contributed by atoms with van der Waals surface area (Å²) in [4.78, 5) is 14.0. The minimum absolute atomic E-state index is 0.110. The molecule has 1 unspecified atom stereocenters. The van der Waals surface area contributed by atoms with Crippen LogP contribution >= 0.6 is 0 Å². The average molecular weight is 256 g/mol. The van der Waals surface area contributed by atoms with Crippen molar-refractivity contribution in [3.8, 4) is 0 Å². The second kappa shape index (κ2) is 5.47. The predicted molar refractivity (Wildman–Crippen MR) is 73.4 cm³/mol. The molecule has 1 fully saturated rings. The molecule has 106 valence electrons. The van der Waals surface area contributed by atoms with Crippen molar-refractivity contribution in [1.82, 2.24) is 4.90 Å². The highest BCUT2D eigenvalue weighted by atomic mass is 16.6. The Labute approximate surface area is 111 Å². The van der Waals surface area contributed by atoms with Gasteiger partial charge in [0.2, 0.25) is 0 Å². The van der Waals surface area contributed by atoms with Crippen LogP contribution in [0.4, 0.5) is 4.79 Å². The highest BCUT2D eigenvalue weighted by molar-refractivity contribution is 5.69. The zero-order valence-electron chi connectivity index (χ0n) is 12.5. The standard InChI is InChI=1S/C14H28N2O2/c1-13(2,3)18-12(17)16-10-11(7-6-8-15)9-14(16,4)5/h11H,6-10,15H2,1-5H3. The third kappa shape index (κ3) is 4.16. The molecule has 1 saturated heterocycles. The quantitative estimate of drug-likeness (QED) is 0.844. The van der Waals surface area contributed by atoms with E-state index in [4.69, 9.17) is 10.5 Å². The van der Waals surface area contributed by atoms with Gasteiger partial charge < -0.3 is 15.4 Å². The maximum atomic E-state index is 12.2. The van der Waals surface area contributed by atoms with Crippen molar-refractivity contribution < 1.29 is 9.53 Å². The number of nitrogens with zero attached hydrogens (tertiary/aromatic N) is 1. The highest BCUT2D eigenvalue weighted by Crippen LogP contribution is 2.35. The second-order valence-corrected chi connectivity index (χ2v) is 6.90. The van der Waals surface area contributed by atoms with E-state index in [9.17, 15) is 4.79 Å². The number of hydrogen-bond acceptors (Lipinski definition) is 3. The number of carbonyl (C=O) groups excluding carboxylic acids is 1. The Hall–Kier alpha value is -0.770. The molecule has 2 N–H and O–H groups in total. The van der Waals surface area contributed by atoms with E-state index in [1.54, 1.807) is 0 Å². The summed E-state index contributed by atoms with van der Waals surface area (Å²) in [6, 6.07) is 0. The summed E-state index contributed by atoms with van der Waals surface area (Å²) >= 11 is 0. The fourth-order valence-corrected chi connectivity index (χ4v) is 2.63. The summed E-state index contributed by atoms with van der Waals surface area (Å²) in [7, 11) is 0. The molecule has 1 aliphatic heterocycles. The van der Waals surface area contributed by atoms with Crippen LogP contribution in [-0.4, -0.2) is 35.2 Å². The molecule has 4 heteroatoms. The molecule has 1 atom stereocenters. The van der Waals surface area contributed by atoms with Gasteiger partial charge in [0.25, 0.3) is 0 Å². The van der Waals surface area contributed by atoms with Crippen molar-refractivity contribution in [3.05, 3.63) is 0 Å². The van der Waals surface area contributed by atoms with Crippen LogP contribution in [0, 0.1) is 5.92 Å². The third-order valence-corrected chi connectivity index (χ3v) is 3.39. The number of nitrogens with two attached hydrogens (primary N) is 1. The Kier molecular flexibility index (Phi) is 4.65. The van der Waals surface area contributed by atoms with Crippen LogP contribution in [0.15, 0.2) is 0 Å². The fraction of sp³-hybridized carbons (Fsp3) is 0.929. The predicted octanol–water partition coefficient (Wildman–Crippen LogP) is 2.76. The van der Waals surface area contributed by atoms with Gasteiger partial charge >= 0.3 is 6.09 Å². The van der Waals surface area contributed by atoms with Crippen LogP contribution in [-0.2, 0) is 4.74 Å². The fourth-order valence-electron chi connectivity index (χ4n) is 2.63. The van der Waals surface area contributed by atoms with Crippen molar-refractivity contribution >= 4 is 6.09 Å². The van der Waals surface area contributed by atoms with E-state index in [0.717, 1.165) is 32.4 Å². The van der Waals surface area contributed by atoms with E-state index in [1.807, 2.05) is 25.7 Å². The number of amides is 1. The van der Waals surface area contributed by atoms with Crippen LogP contribution in [0.25, 0.3) is 0 Å². The molecule has 1 rings (SSSR count). The molecular formula is C14H28N2O2. The maximum Gasteiger partial charge on any atom is 0.410 e. The van der Waals surface area contributed by atoms with Crippen molar-refractivity contribution in [3.63, 3.8) is 0 Å². The summed E-state index contributed by atoms with van der Waals surface area (Å²) in [5.74, 6) is 0.552. The van der Waals surface area contributed by atoms with Gasteiger partial charge in [-0.25, -0.2) is 4.79 Å². The Bertz CT molecular complexity index is 295. The van der Waals surface area contributed by atoms with Gasteiger partial charge in [0, 0.05) is 12.1 Å². The van der Waals surface area contributed by atoms with Gasteiger partial charge in [0.05, 0.1) is 0 Å². The molecule has 18 heavy (non-hydrogen) atoms. The monoisotopic (exact) mass is 256 g/mol. The molecule has 0 spiro atoms. The summed E-state index contributed by atoms with van der Waals surface area (Å²) in [6.45, 7) is 11.4. The van der Waals surface area contributed by atoms with E-state index in [1.165, 1.54) is 0 Å². The lowest BCUT2D eigenvalue weighted by Gasteiger charge is -2.33. The summed E-state index contributed by atoms with van der Waals surface area (Å²) < 4.78 is 5.47. The normalized spacial score (nSPS) is 23.2. The van der Waals surface area contributed by atoms with E-state index >= 15 is 0 Å². The molecule has 0 aromatic heterocycles. The van der Waals surface area contributed by atoms with Crippen molar-refractivity contribution in [2.45, 2.75) is 65.0 Å². The summed E-state index contributed by atoms with van der Waals surface area (Å²) in [6.07, 6.45) is 2.97. The number of carbonyl (C=O) groups is 1. The molecule has 0 aliphatic carbocycles. The Morgan fingerprint density at radius 1 is 1.44 bits per heavy atom. The lowest BCUT2D eigenvalue weighted by Crippen LogP contribution is -2.45. The van der Waals surface area contributed by atoms with Gasteiger partial charge in [0.15, 0.2) is 0 Å². The van der Waals surface area contributed by atoms with Crippen LogP contribution in [0.3, 0.4) is 0 Å². The zero-order chi connectivity index (χ0) is 14.0. The topological polar surface area (TPSA) is 55.6 Å². The second-order valence-electron chi connectivity index (χ2n) is 6.90. The van der Waals surface area contributed by atoms with Crippen LogP contribution in [0.1, 0.15) is 53.9 Å². The van der Waals surface area contributed by atoms with Gasteiger partial charge in [-0.2, -0.15) is 0 Å². The lowest BCUT2D eigenvalue weighted by atomic mass is 9.93. The minimum atomic E-state index is -0.428. The first kappa shape index (κ1) is 15.3. The molecule has 1 amide bonds. The molecule has 4 nitrogen and oxygen atoms in total. The molecule has 0 aromatic rings. The van der Waals surface area contributed by atoms with Crippen molar-refractivity contribution in [1.29, 1.82) is 0 Å². The molecule has 1 aliphatic rings. The molecule has 1 heterocycles. The van der Waals surface area contributed by atoms with Gasteiger partial charge in [-0.1, -0.05) is 0 Å². The SMILES string of the molecule is CC(C)(C)OC(=O)N1CC(CCCN)CC1(C)C.